The first-order chi connectivity index (χ1) is 15.5. The number of likely N-dealkylation sites (tertiary alicyclic amines) is 1. The maximum absolute atomic E-state index is 12.7. The minimum Gasteiger partial charge on any atom is -0.349 e. The van der Waals surface area contributed by atoms with E-state index in [1.165, 1.54) is 35.7 Å². The molecule has 1 aliphatic heterocycles. The maximum atomic E-state index is 12.7. The Hall–Kier alpha value is -2.64. The molecular formula is C25H31N5OS. The van der Waals surface area contributed by atoms with Gasteiger partial charge in [-0.1, -0.05) is 48.2 Å². The van der Waals surface area contributed by atoms with Gasteiger partial charge >= 0.3 is 0 Å². The first-order valence-electron chi connectivity index (χ1n) is 11.2. The van der Waals surface area contributed by atoms with E-state index in [0.29, 0.717) is 5.75 Å². The number of aromatic nitrogens is 3. The maximum Gasteiger partial charge on any atom is 0.230 e. The zero-order valence-corrected chi connectivity index (χ0v) is 19.9. The van der Waals surface area contributed by atoms with Crippen molar-refractivity contribution < 1.29 is 4.79 Å². The monoisotopic (exact) mass is 449 g/mol. The highest BCUT2D eigenvalue weighted by molar-refractivity contribution is 7.99. The first kappa shape index (κ1) is 22.6. The van der Waals surface area contributed by atoms with Gasteiger partial charge in [0.15, 0.2) is 11.0 Å². The molecule has 6 nitrogen and oxygen atoms in total. The van der Waals surface area contributed by atoms with Gasteiger partial charge in [0, 0.05) is 5.69 Å². The predicted octanol–water partition coefficient (Wildman–Crippen LogP) is 4.45. The Morgan fingerprint density at radius 3 is 2.53 bits per heavy atom. The van der Waals surface area contributed by atoms with Gasteiger partial charge in [0.25, 0.3) is 0 Å². The highest BCUT2D eigenvalue weighted by Gasteiger charge is 2.20. The number of amides is 1. The standard InChI is InChI=1S/C25H31N5OS/c1-18-11-12-21(15-19(18)2)20(3)26-24(31)17-32-25-28-27-23(16-29-13-7-8-14-29)30(25)22-9-5-4-6-10-22/h4-6,9-12,15,20H,7-8,13-14,16-17H2,1-3H3,(H,26,31). The Morgan fingerprint density at radius 2 is 1.81 bits per heavy atom. The lowest BCUT2D eigenvalue weighted by atomic mass is 10.0. The summed E-state index contributed by atoms with van der Waals surface area (Å²) in [6, 6.07) is 16.4. The second-order valence-corrected chi connectivity index (χ2v) is 9.42. The molecular weight excluding hydrogens is 418 g/mol. The van der Waals surface area contributed by atoms with E-state index in [9.17, 15) is 4.79 Å². The number of carbonyl (C=O) groups excluding carboxylic acids is 1. The lowest BCUT2D eigenvalue weighted by Crippen LogP contribution is -2.28. The van der Waals surface area contributed by atoms with Crippen LogP contribution in [0.5, 0.6) is 0 Å². The van der Waals surface area contributed by atoms with Crippen molar-refractivity contribution >= 4 is 17.7 Å². The Bertz CT molecular complexity index is 1060. The number of hydrogen-bond donors (Lipinski definition) is 1. The molecule has 1 N–H and O–H groups in total. The number of thioether (sulfide) groups is 1. The summed E-state index contributed by atoms with van der Waals surface area (Å²) in [4.78, 5) is 15.1. The fraction of sp³-hybridized carbons (Fsp3) is 0.400. The van der Waals surface area contributed by atoms with E-state index in [-0.39, 0.29) is 11.9 Å². The number of rotatable bonds is 8. The number of para-hydroxylation sites is 1. The first-order valence-corrected chi connectivity index (χ1v) is 12.2. The van der Waals surface area contributed by atoms with E-state index >= 15 is 0 Å². The second-order valence-electron chi connectivity index (χ2n) is 8.47. The molecule has 1 aliphatic rings. The largest absolute Gasteiger partial charge is 0.349 e. The van der Waals surface area contributed by atoms with Crippen LogP contribution in [0.4, 0.5) is 0 Å². The van der Waals surface area contributed by atoms with E-state index in [1.807, 2.05) is 25.1 Å². The molecule has 4 rings (SSSR count). The van der Waals surface area contributed by atoms with Gasteiger partial charge in [0.1, 0.15) is 0 Å². The molecule has 1 unspecified atom stereocenters. The van der Waals surface area contributed by atoms with Crippen molar-refractivity contribution in [1.29, 1.82) is 0 Å². The SMILES string of the molecule is Cc1ccc(C(C)NC(=O)CSc2nnc(CN3CCCC3)n2-c2ccccc2)cc1C. The highest BCUT2D eigenvalue weighted by Crippen LogP contribution is 2.24. The third-order valence-corrected chi connectivity index (χ3v) is 6.95. The van der Waals surface area contributed by atoms with Crippen molar-refractivity contribution in [2.45, 2.75) is 51.4 Å². The molecule has 7 heteroatoms. The molecule has 0 saturated carbocycles. The minimum absolute atomic E-state index is 0.00978. The van der Waals surface area contributed by atoms with Crippen LogP contribution in [0.1, 0.15) is 48.3 Å². The van der Waals surface area contributed by atoms with Crippen LogP contribution < -0.4 is 5.32 Å². The molecule has 1 saturated heterocycles. The molecule has 0 radical (unpaired) electrons. The number of benzene rings is 2. The molecule has 1 atom stereocenters. The van der Waals surface area contributed by atoms with Crippen LogP contribution in [0.15, 0.2) is 53.7 Å². The fourth-order valence-electron chi connectivity index (χ4n) is 4.00. The number of nitrogens with one attached hydrogen (secondary N) is 1. The Kier molecular flexibility index (Phi) is 7.27. The van der Waals surface area contributed by atoms with Crippen molar-refractivity contribution in [2.75, 3.05) is 18.8 Å². The average Bonchev–Trinajstić information content (AvgIpc) is 3.45. The average molecular weight is 450 g/mol. The van der Waals surface area contributed by atoms with Gasteiger partial charge in [-0.3, -0.25) is 14.3 Å². The predicted molar refractivity (Wildman–Crippen MR) is 129 cm³/mol. The summed E-state index contributed by atoms with van der Waals surface area (Å²) in [5.41, 5.74) is 4.64. The molecule has 0 spiro atoms. The second kappa shape index (κ2) is 10.3. The van der Waals surface area contributed by atoms with Crippen LogP contribution in [-0.4, -0.2) is 44.4 Å². The molecule has 1 aromatic heterocycles. The topological polar surface area (TPSA) is 63.1 Å². The van der Waals surface area contributed by atoms with Gasteiger partial charge in [-0.25, -0.2) is 0 Å². The summed E-state index contributed by atoms with van der Waals surface area (Å²) in [5.74, 6) is 1.21. The Morgan fingerprint density at radius 1 is 1.06 bits per heavy atom. The van der Waals surface area contributed by atoms with Crippen LogP contribution in [0.2, 0.25) is 0 Å². The fourth-order valence-corrected chi connectivity index (χ4v) is 4.79. The quantitative estimate of drug-likeness (QED) is 0.515. The van der Waals surface area contributed by atoms with Crippen LogP contribution >= 0.6 is 11.8 Å². The van der Waals surface area contributed by atoms with Crippen molar-refractivity contribution in [1.82, 2.24) is 25.0 Å². The van der Waals surface area contributed by atoms with Crippen LogP contribution in [0.25, 0.3) is 5.69 Å². The van der Waals surface area contributed by atoms with Crippen molar-refractivity contribution in [3.8, 4) is 5.69 Å². The number of aryl methyl sites for hydroxylation is 2. The van der Waals surface area contributed by atoms with Gasteiger partial charge in [0.2, 0.25) is 5.91 Å². The van der Waals surface area contributed by atoms with E-state index < -0.39 is 0 Å². The normalized spacial score (nSPS) is 15.1. The van der Waals surface area contributed by atoms with Gasteiger partial charge < -0.3 is 5.32 Å². The smallest absolute Gasteiger partial charge is 0.230 e. The summed E-state index contributed by atoms with van der Waals surface area (Å²) >= 11 is 1.43. The van der Waals surface area contributed by atoms with E-state index in [1.54, 1.807) is 0 Å². The van der Waals surface area contributed by atoms with Gasteiger partial charge in [-0.05, 0) is 75.5 Å². The van der Waals surface area contributed by atoms with E-state index in [4.69, 9.17) is 0 Å². The Balaban J connectivity index is 1.44. The summed E-state index contributed by atoms with van der Waals surface area (Å²) in [6.07, 6.45) is 2.47. The molecule has 1 fully saturated rings. The highest BCUT2D eigenvalue weighted by atomic mass is 32.2. The molecule has 2 heterocycles. The summed E-state index contributed by atoms with van der Waals surface area (Å²) in [6.45, 7) is 9.19. The van der Waals surface area contributed by atoms with Crippen molar-refractivity contribution in [3.05, 3.63) is 71.0 Å². The molecule has 0 bridgehead atoms. The molecule has 2 aromatic carbocycles. The van der Waals surface area contributed by atoms with Gasteiger partial charge in [-0.2, -0.15) is 0 Å². The van der Waals surface area contributed by atoms with E-state index in [2.05, 4.69) is 69.2 Å². The molecule has 32 heavy (non-hydrogen) atoms. The molecule has 3 aromatic rings. The van der Waals surface area contributed by atoms with E-state index in [0.717, 1.165) is 41.9 Å². The number of nitrogens with zero attached hydrogens (tertiary/aromatic N) is 4. The summed E-state index contributed by atoms with van der Waals surface area (Å²) in [7, 11) is 0. The van der Waals surface area contributed by atoms with Crippen LogP contribution in [0, 0.1) is 13.8 Å². The zero-order chi connectivity index (χ0) is 22.5. The molecule has 168 valence electrons. The van der Waals surface area contributed by atoms with Gasteiger partial charge in [-0.15, -0.1) is 10.2 Å². The summed E-state index contributed by atoms with van der Waals surface area (Å²) in [5, 5.41) is 12.8. The van der Waals surface area contributed by atoms with Crippen LogP contribution in [0.3, 0.4) is 0 Å². The van der Waals surface area contributed by atoms with Gasteiger partial charge in [0.05, 0.1) is 18.3 Å². The molecule has 0 aliphatic carbocycles. The third-order valence-electron chi connectivity index (χ3n) is 6.02. The third kappa shape index (κ3) is 5.40. The lowest BCUT2D eigenvalue weighted by molar-refractivity contribution is -0.119. The molecule has 1 amide bonds. The van der Waals surface area contributed by atoms with Crippen molar-refractivity contribution in [2.24, 2.45) is 0 Å². The minimum atomic E-state index is -0.0416. The zero-order valence-electron chi connectivity index (χ0n) is 19.0. The number of hydrogen-bond acceptors (Lipinski definition) is 5. The van der Waals surface area contributed by atoms with Crippen molar-refractivity contribution in [3.63, 3.8) is 0 Å². The summed E-state index contributed by atoms with van der Waals surface area (Å²) < 4.78 is 2.09. The lowest BCUT2D eigenvalue weighted by Gasteiger charge is -2.17. The number of carbonyl (C=O) groups is 1. The Labute approximate surface area is 194 Å². The van der Waals surface area contributed by atoms with Crippen LogP contribution in [-0.2, 0) is 11.3 Å².